The molecular weight excluding hydrogens is 372 g/mol. The number of methoxy groups -OCH3 is 1. The molecule has 148 valence electrons. The zero-order valence-electron chi connectivity index (χ0n) is 16.3. The van der Waals surface area contributed by atoms with Gasteiger partial charge in [0.2, 0.25) is 11.7 Å². The standard InChI is InChI=1S/C22H20N2O5/c1-14(21(26)17-6-8-19(9-7-17)24-15(2)25)29-22(27)18(13-23)12-16-4-10-20(28-3)11-5-16/h4-12,14H,1-3H3,(H,24,25)/b18-12+/t14-/m1/s1. The van der Waals surface area contributed by atoms with Crippen molar-refractivity contribution in [2.24, 2.45) is 0 Å². The largest absolute Gasteiger partial charge is 0.497 e. The first-order chi connectivity index (χ1) is 13.8. The molecule has 0 aromatic heterocycles. The van der Waals surface area contributed by atoms with E-state index in [4.69, 9.17) is 9.47 Å². The van der Waals surface area contributed by atoms with Gasteiger partial charge in [0, 0.05) is 18.2 Å². The Morgan fingerprint density at radius 2 is 1.69 bits per heavy atom. The zero-order chi connectivity index (χ0) is 21.4. The molecule has 1 amide bonds. The van der Waals surface area contributed by atoms with E-state index in [1.54, 1.807) is 42.5 Å². The number of Topliss-reactive ketones (excluding diaryl/α,β-unsaturated/α-hetero) is 1. The van der Waals surface area contributed by atoms with Crippen LogP contribution in [0.5, 0.6) is 5.75 Å². The van der Waals surface area contributed by atoms with Crippen LogP contribution in [0, 0.1) is 11.3 Å². The Balaban J connectivity index is 2.07. The fourth-order valence-electron chi connectivity index (χ4n) is 2.44. The van der Waals surface area contributed by atoms with E-state index in [2.05, 4.69) is 5.32 Å². The fourth-order valence-corrected chi connectivity index (χ4v) is 2.44. The van der Waals surface area contributed by atoms with Gasteiger partial charge in [-0.3, -0.25) is 9.59 Å². The van der Waals surface area contributed by atoms with E-state index < -0.39 is 17.9 Å². The van der Waals surface area contributed by atoms with Crippen molar-refractivity contribution in [3.8, 4) is 11.8 Å². The van der Waals surface area contributed by atoms with Gasteiger partial charge in [-0.05, 0) is 55.0 Å². The summed E-state index contributed by atoms with van der Waals surface area (Å²) in [6, 6.07) is 14.8. The van der Waals surface area contributed by atoms with Gasteiger partial charge in [0.15, 0.2) is 6.10 Å². The van der Waals surface area contributed by atoms with Crippen LogP contribution in [-0.2, 0) is 14.3 Å². The fraction of sp³-hybridized carbons (Fsp3) is 0.182. The minimum Gasteiger partial charge on any atom is -0.497 e. The predicted molar refractivity (Wildman–Crippen MR) is 107 cm³/mol. The number of carbonyl (C=O) groups is 3. The molecule has 2 aromatic carbocycles. The molecule has 0 fully saturated rings. The Bertz CT molecular complexity index is 970. The molecule has 2 aromatic rings. The summed E-state index contributed by atoms with van der Waals surface area (Å²) in [6.07, 6.45) is 0.294. The van der Waals surface area contributed by atoms with E-state index in [1.165, 1.54) is 39.2 Å². The smallest absolute Gasteiger partial charge is 0.349 e. The van der Waals surface area contributed by atoms with Gasteiger partial charge >= 0.3 is 5.97 Å². The van der Waals surface area contributed by atoms with Gasteiger partial charge in [0.25, 0.3) is 0 Å². The zero-order valence-corrected chi connectivity index (χ0v) is 16.3. The van der Waals surface area contributed by atoms with Crippen molar-refractivity contribution >= 4 is 29.4 Å². The van der Waals surface area contributed by atoms with E-state index in [0.717, 1.165) is 0 Å². The summed E-state index contributed by atoms with van der Waals surface area (Å²) >= 11 is 0. The van der Waals surface area contributed by atoms with Crippen molar-refractivity contribution in [1.29, 1.82) is 5.26 Å². The van der Waals surface area contributed by atoms with Crippen LogP contribution in [0.25, 0.3) is 6.08 Å². The summed E-state index contributed by atoms with van der Waals surface area (Å²) in [6.45, 7) is 2.82. The molecule has 2 rings (SSSR count). The first-order valence-corrected chi connectivity index (χ1v) is 8.72. The number of nitriles is 1. The quantitative estimate of drug-likeness (QED) is 0.335. The highest BCUT2D eigenvalue weighted by Crippen LogP contribution is 2.16. The Morgan fingerprint density at radius 3 is 2.21 bits per heavy atom. The van der Waals surface area contributed by atoms with Crippen molar-refractivity contribution < 1.29 is 23.9 Å². The highest BCUT2D eigenvalue weighted by molar-refractivity contribution is 6.03. The van der Waals surface area contributed by atoms with Gasteiger partial charge in [-0.15, -0.1) is 0 Å². The molecule has 7 heteroatoms. The molecule has 0 aliphatic heterocycles. The second kappa shape index (κ2) is 9.85. The second-order valence-electron chi connectivity index (χ2n) is 6.11. The number of rotatable bonds is 7. The average Bonchev–Trinajstić information content (AvgIpc) is 2.71. The van der Waals surface area contributed by atoms with Crippen molar-refractivity contribution in [2.75, 3.05) is 12.4 Å². The lowest BCUT2D eigenvalue weighted by atomic mass is 10.1. The van der Waals surface area contributed by atoms with Crippen molar-refractivity contribution in [3.63, 3.8) is 0 Å². The minimum absolute atomic E-state index is 0.223. The molecule has 0 bridgehead atoms. The molecule has 0 unspecified atom stereocenters. The summed E-state index contributed by atoms with van der Waals surface area (Å²) < 4.78 is 10.2. The molecule has 0 radical (unpaired) electrons. The lowest BCUT2D eigenvalue weighted by molar-refractivity contribution is -0.141. The van der Waals surface area contributed by atoms with Crippen molar-refractivity contribution in [2.45, 2.75) is 20.0 Å². The van der Waals surface area contributed by atoms with E-state index in [-0.39, 0.29) is 11.5 Å². The monoisotopic (exact) mass is 392 g/mol. The van der Waals surface area contributed by atoms with Gasteiger partial charge in [0.05, 0.1) is 7.11 Å². The molecule has 0 aliphatic rings. The lowest BCUT2D eigenvalue weighted by Gasteiger charge is -2.12. The van der Waals surface area contributed by atoms with Crippen LogP contribution >= 0.6 is 0 Å². The van der Waals surface area contributed by atoms with Gasteiger partial charge in [-0.1, -0.05) is 12.1 Å². The number of esters is 1. The van der Waals surface area contributed by atoms with Gasteiger partial charge in [-0.2, -0.15) is 5.26 Å². The maximum atomic E-state index is 12.5. The van der Waals surface area contributed by atoms with Crippen LogP contribution in [0.3, 0.4) is 0 Å². The van der Waals surface area contributed by atoms with Crippen LogP contribution in [0.4, 0.5) is 5.69 Å². The van der Waals surface area contributed by atoms with Crippen molar-refractivity contribution in [1.82, 2.24) is 0 Å². The summed E-state index contributed by atoms with van der Waals surface area (Å²) in [5.41, 5.74) is 1.26. The highest BCUT2D eigenvalue weighted by atomic mass is 16.5. The van der Waals surface area contributed by atoms with Gasteiger partial charge < -0.3 is 14.8 Å². The summed E-state index contributed by atoms with van der Waals surface area (Å²) in [5.74, 6) is -0.889. The van der Waals surface area contributed by atoms with E-state index in [1.807, 2.05) is 0 Å². The Labute approximate surface area is 168 Å². The number of amides is 1. The maximum absolute atomic E-state index is 12.5. The number of nitrogens with one attached hydrogen (secondary N) is 1. The number of ether oxygens (including phenoxy) is 2. The maximum Gasteiger partial charge on any atom is 0.349 e. The molecule has 29 heavy (non-hydrogen) atoms. The van der Waals surface area contributed by atoms with E-state index in [9.17, 15) is 19.6 Å². The SMILES string of the molecule is COc1ccc(/C=C(\C#N)C(=O)O[C@H](C)C(=O)c2ccc(NC(C)=O)cc2)cc1. The molecule has 1 atom stereocenters. The molecule has 0 aliphatic carbocycles. The molecule has 1 N–H and O–H groups in total. The Kier molecular flexibility index (Phi) is 7.26. The third-order valence-corrected chi connectivity index (χ3v) is 3.91. The normalized spacial score (nSPS) is 11.7. The van der Waals surface area contributed by atoms with Crippen LogP contribution in [0.2, 0.25) is 0 Å². The minimum atomic E-state index is -1.08. The van der Waals surface area contributed by atoms with Gasteiger partial charge in [-0.25, -0.2) is 4.79 Å². The third kappa shape index (κ3) is 6.04. The predicted octanol–water partition coefficient (Wildman–Crippen LogP) is 3.38. The molecule has 0 heterocycles. The Hall–Kier alpha value is -3.92. The second-order valence-corrected chi connectivity index (χ2v) is 6.11. The summed E-state index contributed by atoms with van der Waals surface area (Å²) in [4.78, 5) is 35.8. The van der Waals surface area contributed by atoms with E-state index in [0.29, 0.717) is 22.6 Å². The lowest BCUT2D eigenvalue weighted by Crippen LogP contribution is -2.25. The van der Waals surface area contributed by atoms with Crippen LogP contribution in [0.15, 0.2) is 54.1 Å². The van der Waals surface area contributed by atoms with Crippen molar-refractivity contribution in [3.05, 3.63) is 65.2 Å². The molecule has 0 saturated carbocycles. The number of nitrogens with zero attached hydrogens (tertiary/aromatic N) is 1. The number of carbonyl (C=O) groups excluding carboxylic acids is 3. The molecule has 0 spiro atoms. The topological polar surface area (TPSA) is 105 Å². The molecule has 7 nitrogen and oxygen atoms in total. The average molecular weight is 392 g/mol. The number of hydrogen-bond donors (Lipinski definition) is 1. The molecular formula is C22H20N2O5. The summed E-state index contributed by atoms with van der Waals surface area (Å²) in [5, 5.41) is 11.9. The number of ketones is 1. The number of benzene rings is 2. The third-order valence-electron chi connectivity index (χ3n) is 3.91. The number of hydrogen-bond acceptors (Lipinski definition) is 6. The number of anilines is 1. The van der Waals surface area contributed by atoms with E-state index >= 15 is 0 Å². The summed E-state index contributed by atoms with van der Waals surface area (Å²) in [7, 11) is 1.54. The Morgan fingerprint density at radius 1 is 1.07 bits per heavy atom. The highest BCUT2D eigenvalue weighted by Gasteiger charge is 2.22. The van der Waals surface area contributed by atoms with Crippen LogP contribution in [-0.4, -0.2) is 30.9 Å². The first kappa shape index (κ1) is 21.4. The van der Waals surface area contributed by atoms with Crippen LogP contribution < -0.4 is 10.1 Å². The first-order valence-electron chi connectivity index (χ1n) is 8.72. The molecule has 0 saturated heterocycles. The van der Waals surface area contributed by atoms with Gasteiger partial charge in [0.1, 0.15) is 17.4 Å². The van der Waals surface area contributed by atoms with Crippen LogP contribution in [0.1, 0.15) is 29.8 Å².